The van der Waals surface area contributed by atoms with Crippen LogP contribution in [-0.2, 0) is 11.3 Å². The quantitative estimate of drug-likeness (QED) is 0.340. The highest BCUT2D eigenvalue weighted by molar-refractivity contribution is 6.41. The molecule has 0 aliphatic heterocycles. The average Bonchev–Trinajstić information content (AvgIpc) is 3.27. The summed E-state index contributed by atoms with van der Waals surface area (Å²) in [5.41, 5.74) is 0.552. The Bertz CT molecular complexity index is 1270. The Morgan fingerprint density at radius 1 is 1.14 bits per heavy atom. The number of hydrogen-bond acceptors (Lipinski definition) is 8. The number of hydrogen-bond donors (Lipinski definition) is 3. The maximum absolute atomic E-state index is 13.0. The molecule has 0 fully saturated rings. The number of nitrogens with zero attached hydrogens (tertiary/aromatic N) is 5. The molecule has 3 aromatic rings. The highest BCUT2D eigenvalue weighted by atomic mass is 35.5. The topological polar surface area (TPSA) is 136 Å². The van der Waals surface area contributed by atoms with Gasteiger partial charge < -0.3 is 25.4 Å². The third-order valence-corrected chi connectivity index (χ3v) is 5.63. The molecular weight excluding hydrogens is 511 g/mol. The first kappa shape index (κ1) is 26.6. The summed E-state index contributed by atoms with van der Waals surface area (Å²) in [5.74, 6) is 1.09. The lowest BCUT2D eigenvalue weighted by Gasteiger charge is -2.20. The van der Waals surface area contributed by atoms with Crippen LogP contribution >= 0.6 is 23.2 Å². The zero-order chi connectivity index (χ0) is 26.4. The molecule has 14 heteroatoms. The molecule has 3 rings (SSSR count). The van der Waals surface area contributed by atoms with Crippen LogP contribution in [0.2, 0.25) is 10.0 Å². The van der Waals surface area contributed by atoms with Crippen molar-refractivity contribution < 1.29 is 19.1 Å². The molecular formula is C22H24Cl2N8O4. The Kier molecular flexibility index (Phi) is 8.56. The number of nitrogens with one attached hydrogen (secondary N) is 3. The number of carbonyl (C=O) groups is 2. The molecule has 2 aromatic heterocycles. The second-order valence-electron chi connectivity index (χ2n) is 7.10. The van der Waals surface area contributed by atoms with Crippen LogP contribution in [0.1, 0.15) is 6.92 Å². The van der Waals surface area contributed by atoms with Crippen molar-refractivity contribution in [3.05, 3.63) is 47.4 Å². The summed E-state index contributed by atoms with van der Waals surface area (Å²) in [6.07, 6.45) is 4.09. The number of aromatic nitrogens is 4. The Morgan fingerprint density at radius 2 is 1.81 bits per heavy atom. The number of amides is 3. The van der Waals surface area contributed by atoms with Crippen molar-refractivity contribution in [2.75, 3.05) is 42.1 Å². The van der Waals surface area contributed by atoms with Crippen molar-refractivity contribution in [1.82, 2.24) is 19.7 Å². The minimum absolute atomic E-state index is 0.107. The van der Waals surface area contributed by atoms with Gasteiger partial charge in [-0.15, -0.1) is 0 Å². The summed E-state index contributed by atoms with van der Waals surface area (Å²) in [7, 11) is 4.36. The largest absolute Gasteiger partial charge is 0.495 e. The van der Waals surface area contributed by atoms with E-state index >= 15 is 0 Å². The first-order chi connectivity index (χ1) is 17.2. The molecule has 0 atom stereocenters. The van der Waals surface area contributed by atoms with E-state index in [-0.39, 0.29) is 39.0 Å². The third kappa shape index (κ3) is 5.78. The Hall–Kier alpha value is -4.03. The molecule has 36 heavy (non-hydrogen) atoms. The molecule has 0 saturated carbocycles. The second-order valence-corrected chi connectivity index (χ2v) is 7.86. The van der Waals surface area contributed by atoms with E-state index in [9.17, 15) is 9.59 Å². The zero-order valence-electron chi connectivity index (χ0n) is 19.9. The van der Waals surface area contributed by atoms with Crippen LogP contribution in [-0.4, -0.2) is 53.0 Å². The van der Waals surface area contributed by atoms with E-state index in [1.165, 1.54) is 44.6 Å². The Morgan fingerprint density at radius 3 is 2.39 bits per heavy atom. The number of ether oxygens (including phenoxy) is 2. The van der Waals surface area contributed by atoms with Crippen molar-refractivity contribution in [3.63, 3.8) is 0 Å². The van der Waals surface area contributed by atoms with Crippen LogP contribution in [0, 0.1) is 0 Å². The number of urea groups is 1. The van der Waals surface area contributed by atoms with Gasteiger partial charge in [0.1, 0.15) is 45.2 Å². The van der Waals surface area contributed by atoms with Gasteiger partial charge in [0.25, 0.3) is 0 Å². The minimum Gasteiger partial charge on any atom is -0.495 e. The number of carbonyl (C=O) groups excluding carboxylic acids is 2. The fourth-order valence-corrected chi connectivity index (χ4v) is 3.56. The van der Waals surface area contributed by atoms with Crippen molar-refractivity contribution in [1.29, 1.82) is 0 Å². The molecule has 0 spiro atoms. The standard InChI is InChI=1S/C22H24Cl2N8O4/c1-6-17(33)27-12-10-32(7-2)30-21(12)28-15-9-16(26-11-25-15)31(3)22(34)29-20-18(23)13(35-4)8-14(36-5)19(20)24/h6,8-11H,1,7H2,2-5H3,(H,27,33)(H,29,34)(H,25,26,28,30). The van der Waals surface area contributed by atoms with Crippen molar-refractivity contribution in [2.24, 2.45) is 0 Å². The van der Waals surface area contributed by atoms with Gasteiger partial charge in [0.2, 0.25) is 5.91 Å². The van der Waals surface area contributed by atoms with Gasteiger partial charge in [0, 0.05) is 25.7 Å². The molecule has 0 aliphatic rings. The summed E-state index contributed by atoms with van der Waals surface area (Å²) in [6, 6.07) is 2.45. The van der Waals surface area contributed by atoms with Crippen LogP contribution in [0.4, 0.5) is 33.6 Å². The summed E-state index contributed by atoms with van der Waals surface area (Å²) in [6.45, 7) is 5.94. The second kappa shape index (κ2) is 11.6. The van der Waals surface area contributed by atoms with Gasteiger partial charge in [-0.25, -0.2) is 14.8 Å². The highest BCUT2D eigenvalue weighted by Gasteiger charge is 2.22. The average molecular weight is 535 g/mol. The third-order valence-electron chi connectivity index (χ3n) is 4.88. The molecule has 2 heterocycles. The maximum Gasteiger partial charge on any atom is 0.327 e. The smallest absolute Gasteiger partial charge is 0.327 e. The summed E-state index contributed by atoms with van der Waals surface area (Å²) in [4.78, 5) is 34.3. The fraction of sp³-hybridized carbons (Fsp3) is 0.227. The molecule has 190 valence electrons. The van der Waals surface area contributed by atoms with E-state index in [0.29, 0.717) is 23.9 Å². The Balaban J connectivity index is 1.84. The number of aryl methyl sites for hydroxylation is 1. The number of rotatable bonds is 9. The molecule has 1 aromatic carbocycles. The molecule has 0 aliphatic carbocycles. The lowest BCUT2D eigenvalue weighted by atomic mass is 10.2. The van der Waals surface area contributed by atoms with E-state index in [1.54, 1.807) is 10.9 Å². The van der Waals surface area contributed by atoms with E-state index in [4.69, 9.17) is 32.7 Å². The summed E-state index contributed by atoms with van der Waals surface area (Å²) in [5, 5.41) is 13.0. The monoisotopic (exact) mass is 534 g/mol. The van der Waals surface area contributed by atoms with E-state index in [0.717, 1.165) is 6.08 Å². The molecule has 0 unspecified atom stereocenters. The highest BCUT2D eigenvalue weighted by Crippen LogP contribution is 2.44. The molecule has 0 saturated heterocycles. The first-order valence-corrected chi connectivity index (χ1v) is 11.2. The number of halogens is 2. The lowest BCUT2D eigenvalue weighted by molar-refractivity contribution is -0.111. The van der Waals surface area contributed by atoms with Gasteiger partial charge in [-0.2, -0.15) is 5.10 Å². The van der Waals surface area contributed by atoms with Crippen LogP contribution in [0.5, 0.6) is 11.5 Å². The van der Waals surface area contributed by atoms with Crippen LogP contribution in [0.15, 0.2) is 37.3 Å². The molecule has 3 N–H and O–H groups in total. The lowest BCUT2D eigenvalue weighted by Crippen LogP contribution is -2.32. The summed E-state index contributed by atoms with van der Waals surface area (Å²) >= 11 is 12.7. The maximum atomic E-state index is 13.0. The molecule has 0 radical (unpaired) electrons. The predicted octanol–water partition coefficient (Wildman–Crippen LogP) is 4.55. The molecule has 0 bridgehead atoms. The van der Waals surface area contributed by atoms with Gasteiger partial charge in [0.05, 0.1) is 26.1 Å². The molecule has 12 nitrogen and oxygen atoms in total. The van der Waals surface area contributed by atoms with Gasteiger partial charge >= 0.3 is 6.03 Å². The fourth-order valence-electron chi connectivity index (χ4n) is 2.96. The van der Waals surface area contributed by atoms with Crippen molar-refractivity contribution >= 4 is 64.0 Å². The van der Waals surface area contributed by atoms with Gasteiger partial charge in [-0.05, 0) is 13.0 Å². The van der Waals surface area contributed by atoms with Crippen LogP contribution < -0.4 is 30.3 Å². The number of methoxy groups -OCH3 is 2. The summed E-state index contributed by atoms with van der Waals surface area (Å²) < 4.78 is 12.1. The van der Waals surface area contributed by atoms with Gasteiger partial charge in [-0.3, -0.25) is 14.4 Å². The van der Waals surface area contributed by atoms with Crippen molar-refractivity contribution in [2.45, 2.75) is 13.5 Å². The number of benzene rings is 1. The van der Waals surface area contributed by atoms with Gasteiger partial charge in [-0.1, -0.05) is 29.8 Å². The SMILES string of the molecule is C=CC(=O)Nc1cn(CC)nc1Nc1cc(N(C)C(=O)Nc2c(Cl)c(OC)cc(OC)c2Cl)ncn1. The van der Waals surface area contributed by atoms with E-state index in [1.807, 2.05) is 6.92 Å². The first-order valence-electron chi connectivity index (χ1n) is 10.5. The normalized spacial score (nSPS) is 10.4. The van der Waals surface area contributed by atoms with E-state index < -0.39 is 6.03 Å². The van der Waals surface area contributed by atoms with Crippen LogP contribution in [0.3, 0.4) is 0 Å². The van der Waals surface area contributed by atoms with Crippen molar-refractivity contribution in [3.8, 4) is 11.5 Å². The Labute approximate surface area is 217 Å². The zero-order valence-corrected chi connectivity index (χ0v) is 21.4. The minimum atomic E-state index is -0.590. The van der Waals surface area contributed by atoms with Gasteiger partial charge in [0.15, 0.2) is 5.82 Å². The van der Waals surface area contributed by atoms with E-state index in [2.05, 4.69) is 37.6 Å². The predicted molar refractivity (Wildman–Crippen MR) is 139 cm³/mol. The van der Waals surface area contributed by atoms with Crippen LogP contribution in [0.25, 0.3) is 0 Å². The number of anilines is 5. The molecule has 3 amide bonds.